The van der Waals surface area contributed by atoms with Gasteiger partial charge in [-0.15, -0.1) is 0 Å². The first kappa shape index (κ1) is 16.6. The third kappa shape index (κ3) is 4.36. The van der Waals surface area contributed by atoms with Crippen molar-refractivity contribution in [3.8, 4) is 0 Å². The van der Waals surface area contributed by atoms with Crippen LogP contribution < -0.4 is 16.7 Å². The van der Waals surface area contributed by atoms with Crippen LogP contribution in [0.4, 0.5) is 0 Å². The zero-order valence-electron chi connectivity index (χ0n) is 12.5. The summed E-state index contributed by atoms with van der Waals surface area (Å²) in [6.45, 7) is 0. The number of carbonyl (C=O) groups excluding carboxylic acids is 1. The molecular weight excluding hydrogens is 320 g/mol. The van der Waals surface area contributed by atoms with Gasteiger partial charge in [0.2, 0.25) is 5.91 Å². The molecule has 0 fully saturated rings. The Bertz CT molecular complexity index is 843. The van der Waals surface area contributed by atoms with Gasteiger partial charge in [-0.05, 0) is 6.07 Å². The van der Waals surface area contributed by atoms with E-state index in [2.05, 4.69) is 20.6 Å². The van der Waals surface area contributed by atoms with E-state index >= 15 is 0 Å². The number of hydrazone groups is 1. The molecule has 0 radical (unpaired) electrons. The van der Waals surface area contributed by atoms with E-state index in [-0.39, 0.29) is 10.8 Å². The molecule has 0 saturated heterocycles. The Kier molecular flexibility index (Phi) is 5.41. The highest BCUT2D eigenvalue weighted by atomic mass is 32.2. The van der Waals surface area contributed by atoms with Gasteiger partial charge < -0.3 is 0 Å². The van der Waals surface area contributed by atoms with Gasteiger partial charge in [-0.25, -0.2) is 14.9 Å². The molecule has 120 valence electrons. The molecule has 1 amide bonds. The third-order valence-electron chi connectivity index (χ3n) is 2.72. The largest absolute Gasteiger partial charge is 0.346 e. The van der Waals surface area contributed by atoms with Crippen molar-refractivity contribution in [1.29, 1.82) is 0 Å². The molecule has 0 aliphatic heterocycles. The lowest BCUT2D eigenvalue weighted by Crippen LogP contribution is -2.39. The molecule has 2 rings (SSSR count). The molecule has 0 atom stereocenters. The van der Waals surface area contributed by atoms with Crippen LogP contribution in [0.5, 0.6) is 0 Å². The number of amides is 1. The highest BCUT2D eigenvalue weighted by Crippen LogP contribution is 2.07. The molecule has 2 aromatic rings. The van der Waals surface area contributed by atoms with Crippen LogP contribution in [0, 0.1) is 0 Å². The van der Waals surface area contributed by atoms with E-state index in [1.165, 1.54) is 20.3 Å². The maximum Gasteiger partial charge on any atom is 0.346 e. The van der Waals surface area contributed by atoms with Gasteiger partial charge in [0, 0.05) is 32.1 Å². The standard InChI is InChI=1S/C13H14N6O3S/c1-18-12(21)11(17-19(2)13(18)22)23-8-10(20)16-15-7-9-4-3-5-14-6-9/h3-7H,8H2,1-2H3,(H,16,20)/b15-7-. The summed E-state index contributed by atoms with van der Waals surface area (Å²) >= 11 is 0.936. The predicted molar refractivity (Wildman–Crippen MR) is 85.4 cm³/mol. The van der Waals surface area contributed by atoms with E-state index in [9.17, 15) is 14.4 Å². The van der Waals surface area contributed by atoms with Crippen LogP contribution in [-0.4, -0.2) is 37.2 Å². The molecule has 0 saturated carbocycles. The quantitative estimate of drug-likeness (QED) is 0.432. The molecule has 0 aromatic carbocycles. The molecule has 0 aliphatic carbocycles. The number of carbonyl (C=O) groups is 1. The summed E-state index contributed by atoms with van der Waals surface area (Å²) in [6.07, 6.45) is 4.69. The van der Waals surface area contributed by atoms with Gasteiger partial charge in [-0.3, -0.25) is 19.1 Å². The van der Waals surface area contributed by atoms with Crippen molar-refractivity contribution >= 4 is 23.9 Å². The fourth-order valence-electron chi connectivity index (χ4n) is 1.56. The monoisotopic (exact) mass is 334 g/mol. The SMILES string of the molecule is Cn1nc(SCC(=O)N/N=C\c2cccnc2)c(=O)n(C)c1=O. The number of aromatic nitrogens is 4. The zero-order valence-corrected chi connectivity index (χ0v) is 13.3. The van der Waals surface area contributed by atoms with Gasteiger partial charge >= 0.3 is 5.69 Å². The van der Waals surface area contributed by atoms with Gasteiger partial charge in [-0.1, -0.05) is 17.8 Å². The van der Waals surface area contributed by atoms with E-state index in [1.807, 2.05) is 0 Å². The lowest BCUT2D eigenvalue weighted by atomic mass is 10.3. The van der Waals surface area contributed by atoms with Gasteiger partial charge in [0.05, 0.1) is 12.0 Å². The van der Waals surface area contributed by atoms with Gasteiger partial charge in [0.1, 0.15) is 0 Å². The summed E-state index contributed by atoms with van der Waals surface area (Å²) in [7, 11) is 2.79. The Hall–Kier alpha value is -2.75. The molecule has 10 heteroatoms. The van der Waals surface area contributed by atoms with Gasteiger partial charge in [0.15, 0.2) is 5.03 Å². The first-order chi connectivity index (χ1) is 11.0. The van der Waals surface area contributed by atoms with E-state index < -0.39 is 17.2 Å². The Morgan fingerprint density at radius 3 is 2.91 bits per heavy atom. The minimum atomic E-state index is -0.537. The first-order valence-electron chi connectivity index (χ1n) is 6.48. The van der Waals surface area contributed by atoms with Crippen LogP contribution in [0.1, 0.15) is 5.56 Å². The minimum absolute atomic E-state index is 0.0508. The average Bonchev–Trinajstić information content (AvgIpc) is 2.56. The van der Waals surface area contributed by atoms with Gasteiger partial charge in [0.25, 0.3) is 5.56 Å². The Labute approximate surface area is 135 Å². The lowest BCUT2D eigenvalue weighted by Gasteiger charge is -2.04. The minimum Gasteiger partial charge on any atom is -0.272 e. The number of pyridine rings is 1. The Balaban J connectivity index is 1.94. The molecule has 2 heterocycles. The summed E-state index contributed by atoms with van der Waals surface area (Å²) in [5.41, 5.74) is 2.02. The Morgan fingerprint density at radius 1 is 1.43 bits per heavy atom. The number of hydrogen-bond donors (Lipinski definition) is 1. The van der Waals surface area contributed by atoms with Crippen LogP contribution in [0.2, 0.25) is 0 Å². The maximum absolute atomic E-state index is 11.9. The van der Waals surface area contributed by atoms with Gasteiger partial charge in [-0.2, -0.15) is 10.2 Å². The topological polar surface area (TPSA) is 111 Å². The third-order valence-corrected chi connectivity index (χ3v) is 3.66. The summed E-state index contributed by atoms with van der Waals surface area (Å²) in [4.78, 5) is 39.0. The molecule has 0 unspecified atom stereocenters. The number of aryl methyl sites for hydroxylation is 1. The molecule has 23 heavy (non-hydrogen) atoms. The van der Waals surface area contributed by atoms with Crippen LogP contribution in [0.3, 0.4) is 0 Å². The highest BCUT2D eigenvalue weighted by molar-refractivity contribution is 7.99. The number of nitrogens with one attached hydrogen (secondary N) is 1. The molecule has 9 nitrogen and oxygen atoms in total. The molecule has 1 N–H and O–H groups in total. The maximum atomic E-state index is 11.9. The van der Waals surface area contributed by atoms with E-state index in [0.29, 0.717) is 0 Å². The van der Waals surface area contributed by atoms with Crippen LogP contribution in [0.25, 0.3) is 0 Å². The predicted octanol–water partition coefficient (Wildman–Crippen LogP) is -0.884. The second-order valence-corrected chi connectivity index (χ2v) is 5.41. The average molecular weight is 334 g/mol. The second-order valence-electron chi connectivity index (χ2n) is 4.44. The molecular formula is C13H14N6O3S. The number of nitrogens with zero attached hydrogens (tertiary/aromatic N) is 5. The van der Waals surface area contributed by atoms with Crippen molar-refractivity contribution in [2.75, 3.05) is 5.75 Å². The fourth-order valence-corrected chi connectivity index (χ4v) is 2.33. The van der Waals surface area contributed by atoms with Crippen molar-refractivity contribution < 1.29 is 4.79 Å². The number of hydrogen-bond acceptors (Lipinski definition) is 7. The highest BCUT2D eigenvalue weighted by Gasteiger charge is 2.11. The summed E-state index contributed by atoms with van der Waals surface area (Å²) in [5.74, 6) is -0.446. The van der Waals surface area contributed by atoms with E-state index in [4.69, 9.17) is 0 Å². The summed E-state index contributed by atoms with van der Waals surface area (Å²) in [5, 5.41) is 7.70. The van der Waals surface area contributed by atoms with Crippen LogP contribution in [0.15, 0.2) is 44.2 Å². The van der Waals surface area contributed by atoms with E-state index in [0.717, 1.165) is 26.6 Å². The number of rotatable bonds is 5. The van der Waals surface area contributed by atoms with Crippen LogP contribution in [-0.2, 0) is 18.9 Å². The molecule has 0 bridgehead atoms. The normalized spacial score (nSPS) is 10.9. The second kappa shape index (κ2) is 7.49. The lowest BCUT2D eigenvalue weighted by molar-refractivity contribution is -0.118. The van der Waals surface area contributed by atoms with Crippen LogP contribution >= 0.6 is 11.8 Å². The summed E-state index contributed by atoms with van der Waals surface area (Å²) in [6, 6.07) is 3.54. The zero-order chi connectivity index (χ0) is 16.8. The molecule has 2 aromatic heterocycles. The van der Waals surface area contributed by atoms with Crippen molar-refractivity contribution in [2.24, 2.45) is 19.2 Å². The van der Waals surface area contributed by atoms with Crippen molar-refractivity contribution in [2.45, 2.75) is 5.03 Å². The summed E-state index contributed by atoms with van der Waals surface area (Å²) < 4.78 is 1.98. The molecule has 0 aliphatic rings. The van der Waals surface area contributed by atoms with Crippen molar-refractivity contribution in [3.05, 3.63) is 50.9 Å². The molecule has 0 spiro atoms. The van der Waals surface area contributed by atoms with Crippen molar-refractivity contribution in [3.63, 3.8) is 0 Å². The first-order valence-corrected chi connectivity index (χ1v) is 7.46. The van der Waals surface area contributed by atoms with E-state index in [1.54, 1.807) is 24.5 Å². The fraction of sp³-hybridized carbons (Fsp3) is 0.231. The number of thioether (sulfide) groups is 1. The Morgan fingerprint density at radius 2 is 2.22 bits per heavy atom. The van der Waals surface area contributed by atoms with Crippen molar-refractivity contribution in [1.82, 2.24) is 24.8 Å². The smallest absolute Gasteiger partial charge is 0.272 e.